The Morgan fingerprint density at radius 2 is 1.88 bits per heavy atom. The molecule has 0 aliphatic carbocycles. The van der Waals surface area contributed by atoms with Gasteiger partial charge in [-0.1, -0.05) is 12.1 Å². The van der Waals surface area contributed by atoms with Crippen molar-refractivity contribution in [3.63, 3.8) is 0 Å². The average Bonchev–Trinajstić information content (AvgIpc) is 2.63. The van der Waals surface area contributed by atoms with Crippen molar-refractivity contribution in [1.29, 1.82) is 0 Å². The Balaban J connectivity index is 2.09. The molecule has 0 bridgehead atoms. The summed E-state index contributed by atoms with van der Waals surface area (Å²) < 4.78 is 10.2. The van der Waals surface area contributed by atoms with Gasteiger partial charge in [0.1, 0.15) is 5.75 Å². The van der Waals surface area contributed by atoms with Crippen LogP contribution in [0.25, 0.3) is 0 Å². The minimum Gasteiger partial charge on any atom is -0.504 e. The first-order chi connectivity index (χ1) is 12.4. The highest BCUT2D eigenvalue weighted by atomic mass is 16.6. The molecule has 2 aromatic carbocycles. The van der Waals surface area contributed by atoms with Crippen LogP contribution >= 0.6 is 0 Å². The van der Waals surface area contributed by atoms with Crippen molar-refractivity contribution in [1.82, 2.24) is 10.3 Å². The fourth-order valence-electron chi connectivity index (χ4n) is 1.91. The van der Waals surface area contributed by atoms with E-state index in [-0.39, 0.29) is 17.1 Å². The van der Waals surface area contributed by atoms with Crippen LogP contribution in [0, 0.1) is 0 Å². The van der Waals surface area contributed by atoms with Crippen molar-refractivity contribution >= 4 is 18.2 Å². The zero-order valence-electron chi connectivity index (χ0n) is 14.6. The molecular formula is C18H19N3O5. The summed E-state index contributed by atoms with van der Waals surface area (Å²) in [6, 6.07) is 11.0. The van der Waals surface area contributed by atoms with Gasteiger partial charge in [0.15, 0.2) is 11.5 Å². The number of ether oxygens (including phenoxy) is 2. The molecule has 0 fully saturated rings. The number of carbonyl (C=O) groups is 2. The second-order valence-electron chi connectivity index (χ2n) is 5.39. The van der Waals surface area contributed by atoms with Crippen LogP contribution in [0.5, 0.6) is 17.2 Å². The first-order valence-corrected chi connectivity index (χ1v) is 7.61. The van der Waals surface area contributed by atoms with Gasteiger partial charge in [-0.05, 0) is 30.3 Å². The predicted molar refractivity (Wildman–Crippen MR) is 95.9 cm³/mol. The maximum absolute atomic E-state index is 12.1. The summed E-state index contributed by atoms with van der Waals surface area (Å²) in [7, 11) is 4.54. The Morgan fingerprint density at radius 1 is 1.15 bits per heavy atom. The van der Waals surface area contributed by atoms with E-state index < -0.39 is 12.0 Å². The SMILES string of the molecule is COc1cc(C(=O)N/N=C/c2ccccc2OC(=O)N(C)C)ccc1O. The van der Waals surface area contributed by atoms with Gasteiger partial charge in [0.25, 0.3) is 5.91 Å². The smallest absolute Gasteiger partial charge is 0.414 e. The van der Waals surface area contributed by atoms with Crippen molar-refractivity contribution in [2.75, 3.05) is 21.2 Å². The Labute approximate surface area is 150 Å². The van der Waals surface area contributed by atoms with Crippen LogP contribution < -0.4 is 14.9 Å². The molecule has 0 radical (unpaired) electrons. The van der Waals surface area contributed by atoms with E-state index in [1.54, 1.807) is 38.4 Å². The van der Waals surface area contributed by atoms with Gasteiger partial charge in [-0.2, -0.15) is 5.10 Å². The van der Waals surface area contributed by atoms with Gasteiger partial charge >= 0.3 is 6.09 Å². The number of nitrogens with zero attached hydrogens (tertiary/aromatic N) is 2. The number of hydrogen-bond acceptors (Lipinski definition) is 6. The number of phenols is 1. The van der Waals surface area contributed by atoms with E-state index in [1.807, 2.05) is 0 Å². The maximum Gasteiger partial charge on any atom is 0.414 e. The van der Waals surface area contributed by atoms with E-state index in [0.717, 1.165) is 0 Å². The quantitative estimate of drug-likeness (QED) is 0.631. The summed E-state index contributed by atoms with van der Waals surface area (Å²) in [5.74, 6) is -0.0513. The third-order valence-electron chi connectivity index (χ3n) is 3.29. The molecule has 2 aromatic rings. The first kappa shape index (κ1) is 18.8. The van der Waals surface area contributed by atoms with Crippen molar-refractivity contribution in [2.24, 2.45) is 5.10 Å². The zero-order chi connectivity index (χ0) is 19.1. The molecule has 8 nitrogen and oxygen atoms in total. The van der Waals surface area contributed by atoms with Crippen LogP contribution in [0.3, 0.4) is 0 Å². The number of para-hydroxylation sites is 1. The number of methoxy groups -OCH3 is 1. The third kappa shape index (κ3) is 4.73. The Hall–Kier alpha value is -3.55. The van der Waals surface area contributed by atoms with Crippen molar-refractivity contribution in [3.8, 4) is 17.2 Å². The molecule has 26 heavy (non-hydrogen) atoms. The molecule has 2 N–H and O–H groups in total. The molecular weight excluding hydrogens is 338 g/mol. The Bertz CT molecular complexity index is 833. The normalized spacial score (nSPS) is 10.4. The molecule has 0 heterocycles. The molecule has 2 amide bonds. The van der Waals surface area contributed by atoms with E-state index >= 15 is 0 Å². The summed E-state index contributed by atoms with van der Waals surface area (Å²) in [4.78, 5) is 25.1. The van der Waals surface area contributed by atoms with E-state index in [1.165, 1.54) is 36.4 Å². The number of hydrogen-bond donors (Lipinski definition) is 2. The second-order valence-corrected chi connectivity index (χ2v) is 5.39. The van der Waals surface area contributed by atoms with Gasteiger partial charge in [-0.25, -0.2) is 10.2 Å². The van der Waals surface area contributed by atoms with Gasteiger partial charge in [-0.3, -0.25) is 4.79 Å². The second kappa shape index (κ2) is 8.52. The molecule has 136 valence electrons. The lowest BCUT2D eigenvalue weighted by Gasteiger charge is -2.12. The fraction of sp³-hybridized carbons (Fsp3) is 0.167. The average molecular weight is 357 g/mol. The van der Waals surface area contributed by atoms with Gasteiger partial charge in [0, 0.05) is 25.2 Å². The van der Waals surface area contributed by atoms with Crippen LogP contribution in [-0.4, -0.2) is 49.4 Å². The molecule has 0 saturated carbocycles. The Morgan fingerprint density at radius 3 is 2.58 bits per heavy atom. The standard InChI is InChI=1S/C18H19N3O5/c1-21(2)18(24)26-15-7-5-4-6-13(15)11-19-20-17(23)12-8-9-14(22)16(10-12)25-3/h4-11,22H,1-3H3,(H,20,23)/b19-11+. The molecule has 0 unspecified atom stereocenters. The molecule has 2 rings (SSSR count). The predicted octanol–water partition coefficient (Wildman–Crippen LogP) is 2.23. The molecule has 0 spiro atoms. The number of carbonyl (C=O) groups excluding carboxylic acids is 2. The van der Waals surface area contributed by atoms with E-state index in [9.17, 15) is 14.7 Å². The highest BCUT2D eigenvalue weighted by Crippen LogP contribution is 2.26. The molecule has 0 aliphatic rings. The summed E-state index contributed by atoms with van der Waals surface area (Å²) in [5.41, 5.74) is 3.15. The number of nitrogens with one attached hydrogen (secondary N) is 1. The van der Waals surface area contributed by atoms with Crippen molar-refractivity contribution < 1.29 is 24.2 Å². The van der Waals surface area contributed by atoms with Crippen LogP contribution in [0.4, 0.5) is 4.79 Å². The topological polar surface area (TPSA) is 100 Å². The van der Waals surface area contributed by atoms with Gasteiger partial charge in [0.05, 0.1) is 13.3 Å². The number of benzene rings is 2. The highest BCUT2D eigenvalue weighted by molar-refractivity contribution is 5.95. The Kier molecular flexibility index (Phi) is 6.15. The lowest BCUT2D eigenvalue weighted by atomic mass is 10.2. The van der Waals surface area contributed by atoms with Crippen molar-refractivity contribution in [2.45, 2.75) is 0 Å². The first-order valence-electron chi connectivity index (χ1n) is 7.61. The minimum absolute atomic E-state index is 0.0656. The molecule has 8 heteroatoms. The summed E-state index contributed by atoms with van der Waals surface area (Å²) in [6.07, 6.45) is 0.847. The highest BCUT2D eigenvalue weighted by Gasteiger charge is 2.11. The maximum atomic E-state index is 12.1. The number of aromatic hydroxyl groups is 1. The number of amides is 2. The molecule has 0 aromatic heterocycles. The summed E-state index contributed by atoms with van der Waals surface area (Å²) in [6.45, 7) is 0. The molecule has 0 saturated heterocycles. The number of rotatable bonds is 5. The van der Waals surface area contributed by atoms with Crippen LogP contribution in [0.15, 0.2) is 47.6 Å². The van der Waals surface area contributed by atoms with Gasteiger partial charge in [0.2, 0.25) is 0 Å². The van der Waals surface area contributed by atoms with Gasteiger partial charge in [-0.15, -0.1) is 0 Å². The van der Waals surface area contributed by atoms with E-state index in [4.69, 9.17) is 9.47 Å². The molecule has 0 atom stereocenters. The van der Waals surface area contributed by atoms with Crippen LogP contribution in [0.2, 0.25) is 0 Å². The van der Waals surface area contributed by atoms with E-state index in [0.29, 0.717) is 11.3 Å². The zero-order valence-corrected chi connectivity index (χ0v) is 14.6. The largest absolute Gasteiger partial charge is 0.504 e. The van der Waals surface area contributed by atoms with Crippen LogP contribution in [0.1, 0.15) is 15.9 Å². The lowest BCUT2D eigenvalue weighted by molar-refractivity contribution is 0.0954. The van der Waals surface area contributed by atoms with Crippen molar-refractivity contribution in [3.05, 3.63) is 53.6 Å². The minimum atomic E-state index is -0.522. The lowest BCUT2D eigenvalue weighted by Crippen LogP contribution is -2.25. The van der Waals surface area contributed by atoms with E-state index in [2.05, 4.69) is 10.5 Å². The monoisotopic (exact) mass is 357 g/mol. The number of phenolic OH excluding ortho intramolecular Hbond substituents is 1. The van der Waals surface area contributed by atoms with Gasteiger partial charge < -0.3 is 19.5 Å². The fourth-order valence-corrected chi connectivity index (χ4v) is 1.91. The van der Waals surface area contributed by atoms with Crippen LogP contribution in [-0.2, 0) is 0 Å². The number of hydrazone groups is 1. The third-order valence-corrected chi connectivity index (χ3v) is 3.29. The summed E-state index contributed by atoms with van der Waals surface area (Å²) >= 11 is 0. The summed E-state index contributed by atoms with van der Waals surface area (Å²) in [5, 5.41) is 13.4. The molecule has 0 aliphatic heterocycles.